The van der Waals surface area contributed by atoms with Gasteiger partial charge in [-0.2, -0.15) is 0 Å². The maximum absolute atomic E-state index is 11.3. The normalized spacial score (nSPS) is 10.4. The molecule has 0 fully saturated rings. The number of carbonyl (C=O) groups is 1. The number of rotatable bonds is 6. The number of carbonyl (C=O) groups excluding carboxylic acids is 1. The van der Waals surface area contributed by atoms with E-state index in [1.807, 2.05) is 43.3 Å². The van der Waals surface area contributed by atoms with Gasteiger partial charge >= 0.3 is 0 Å². The van der Waals surface area contributed by atoms with E-state index in [0.717, 1.165) is 51.6 Å². The molecule has 2 nitrogen and oxygen atoms in total. The van der Waals surface area contributed by atoms with Crippen molar-refractivity contribution in [2.75, 3.05) is 0 Å². The zero-order valence-corrected chi connectivity index (χ0v) is 13.9. The van der Waals surface area contributed by atoms with Crippen molar-refractivity contribution in [2.24, 2.45) is 0 Å². The Morgan fingerprint density at radius 1 is 1.24 bits per heavy atom. The second kappa shape index (κ2) is 7.41. The Morgan fingerprint density at radius 2 is 1.95 bits per heavy atom. The molecule has 110 valence electrons. The van der Waals surface area contributed by atoms with Gasteiger partial charge in [0.15, 0.2) is 6.29 Å². The molecule has 0 spiro atoms. The molecule has 0 bridgehead atoms. The lowest BCUT2D eigenvalue weighted by molar-refractivity contribution is 0.112. The average Bonchev–Trinajstić information content (AvgIpc) is 2.50. The standard InChI is InChI=1S/C18H19BrO2/c1-3-7-15-13(2)18(10-17(19)16(15)11-20)21-12-14-8-5-4-6-9-14/h4-6,8-11H,3,7,12H2,1-2H3. The van der Waals surface area contributed by atoms with E-state index >= 15 is 0 Å². The maximum Gasteiger partial charge on any atom is 0.151 e. The first-order valence-electron chi connectivity index (χ1n) is 7.11. The predicted octanol–water partition coefficient (Wildman–Crippen LogP) is 5.10. The number of hydrogen-bond donors (Lipinski definition) is 0. The third-order valence-electron chi connectivity index (χ3n) is 3.52. The first-order chi connectivity index (χ1) is 10.2. The van der Waals surface area contributed by atoms with Crippen molar-refractivity contribution in [2.45, 2.75) is 33.3 Å². The van der Waals surface area contributed by atoms with E-state index in [9.17, 15) is 4.79 Å². The molecule has 0 atom stereocenters. The van der Waals surface area contributed by atoms with Gasteiger partial charge in [0.1, 0.15) is 12.4 Å². The van der Waals surface area contributed by atoms with Crippen molar-refractivity contribution in [3.05, 3.63) is 63.1 Å². The van der Waals surface area contributed by atoms with Gasteiger partial charge in [0.2, 0.25) is 0 Å². The highest BCUT2D eigenvalue weighted by Gasteiger charge is 2.14. The first-order valence-corrected chi connectivity index (χ1v) is 7.90. The van der Waals surface area contributed by atoms with Crippen LogP contribution in [0.5, 0.6) is 5.75 Å². The highest BCUT2D eigenvalue weighted by Crippen LogP contribution is 2.32. The maximum atomic E-state index is 11.3. The van der Waals surface area contributed by atoms with Crippen molar-refractivity contribution in [3.63, 3.8) is 0 Å². The molecule has 0 amide bonds. The first kappa shape index (κ1) is 15.8. The molecule has 0 unspecified atom stereocenters. The van der Waals surface area contributed by atoms with E-state index in [2.05, 4.69) is 22.9 Å². The largest absolute Gasteiger partial charge is 0.489 e. The highest BCUT2D eigenvalue weighted by molar-refractivity contribution is 9.10. The second-order valence-electron chi connectivity index (χ2n) is 5.02. The topological polar surface area (TPSA) is 26.3 Å². The van der Waals surface area contributed by atoms with Crippen molar-refractivity contribution in [1.82, 2.24) is 0 Å². The van der Waals surface area contributed by atoms with Gasteiger partial charge in [-0.15, -0.1) is 0 Å². The Morgan fingerprint density at radius 3 is 2.57 bits per heavy atom. The lowest BCUT2D eigenvalue weighted by atomic mass is 9.98. The smallest absolute Gasteiger partial charge is 0.151 e. The van der Waals surface area contributed by atoms with Crippen LogP contribution in [0, 0.1) is 6.92 Å². The molecule has 0 saturated heterocycles. The number of ether oxygens (including phenoxy) is 1. The fourth-order valence-corrected chi connectivity index (χ4v) is 2.92. The summed E-state index contributed by atoms with van der Waals surface area (Å²) in [5, 5.41) is 0. The summed E-state index contributed by atoms with van der Waals surface area (Å²) >= 11 is 3.48. The molecule has 0 aliphatic heterocycles. The lowest BCUT2D eigenvalue weighted by Gasteiger charge is -2.16. The third kappa shape index (κ3) is 3.73. The average molecular weight is 347 g/mol. The Hall–Kier alpha value is -1.61. The van der Waals surface area contributed by atoms with Crippen LogP contribution in [-0.2, 0) is 13.0 Å². The predicted molar refractivity (Wildman–Crippen MR) is 89.0 cm³/mol. The SMILES string of the molecule is CCCc1c(C)c(OCc2ccccc2)cc(Br)c1C=O. The summed E-state index contributed by atoms with van der Waals surface area (Å²) in [6.45, 7) is 4.66. The minimum atomic E-state index is 0.528. The van der Waals surface area contributed by atoms with Crippen molar-refractivity contribution in [1.29, 1.82) is 0 Å². The number of aldehydes is 1. The summed E-state index contributed by atoms with van der Waals surface area (Å²) in [6.07, 6.45) is 2.79. The fraction of sp³-hybridized carbons (Fsp3) is 0.278. The fourth-order valence-electron chi connectivity index (χ4n) is 2.38. The summed E-state index contributed by atoms with van der Waals surface area (Å²) in [4.78, 5) is 11.3. The minimum Gasteiger partial charge on any atom is -0.489 e. The van der Waals surface area contributed by atoms with Crippen molar-refractivity contribution in [3.8, 4) is 5.75 Å². The van der Waals surface area contributed by atoms with Gasteiger partial charge in [-0.25, -0.2) is 0 Å². The Balaban J connectivity index is 2.29. The van der Waals surface area contributed by atoms with E-state index in [1.165, 1.54) is 0 Å². The van der Waals surface area contributed by atoms with Crippen LogP contribution in [0.4, 0.5) is 0 Å². The second-order valence-corrected chi connectivity index (χ2v) is 5.87. The lowest BCUT2D eigenvalue weighted by Crippen LogP contribution is -2.03. The number of benzene rings is 2. The number of hydrogen-bond acceptors (Lipinski definition) is 2. The Labute approximate surface area is 134 Å². The molecule has 21 heavy (non-hydrogen) atoms. The van der Waals surface area contributed by atoms with Crippen LogP contribution in [0.1, 0.15) is 40.4 Å². The van der Waals surface area contributed by atoms with E-state index in [-0.39, 0.29) is 0 Å². The van der Waals surface area contributed by atoms with Crippen LogP contribution in [0.25, 0.3) is 0 Å². The summed E-state index contributed by atoms with van der Waals surface area (Å²) in [5.74, 6) is 0.833. The number of halogens is 1. The zero-order valence-electron chi connectivity index (χ0n) is 12.4. The van der Waals surface area contributed by atoms with E-state index in [1.54, 1.807) is 0 Å². The molecule has 0 aliphatic rings. The molecular weight excluding hydrogens is 328 g/mol. The molecule has 0 heterocycles. The molecule has 0 aliphatic carbocycles. The highest BCUT2D eigenvalue weighted by atomic mass is 79.9. The Kier molecular flexibility index (Phi) is 5.57. The van der Waals surface area contributed by atoms with E-state index in [4.69, 9.17) is 4.74 Å². The van der Waals surface area contributed by atoms with Gasteiger partial charge in [-0.05, 0) is 52.0 Å². The molecule has 0 aromatic heterocycles. The van der Waals surface area contributed by atoms with Crippen LogP contribution in [-0.4, -0.2) is 6.29 Å². The van der Waals surface area contributed by atoms with E-state index in [0.29, 0.717) is 6.61 Å². The summed E-state index contributed by atoms with van der Waals surface area (Å²) in [6, 6.07) is 12.0. The quantitative estimate of drug-likeness (QED) is 0.680. The molecule has 0 N–H and O–H groups in total. The third-order valence-corrected chi connectivity index (χ3v) is 4.17. The molecule has 2 rings (SSSR count). The van der Waals surface area contributed by atoms with Gasteiger partial charge in [0.25, 0.3) is 0 Å². The van der Waals surface area contributed by atoms with Gasteiger partial charge in [-0.1, -0.05) is 43.7 Å². The van der Waals surface area contributed by atoms with Gasteiger partial charge in [-0.3, -0.25) is 4.79 Å². The molecule has 0 radical (unpaired) electrons. The molecule has 0 saturated carbocycles. The molecule has 3 heteroatoms. The molecular formula is C18H19BrO2. The van der Waals surface area contributed by atoms with Crippen LogP contribution in [0.15, 0.2) is 40.9 Å². The van der Waals surface area contributed by atoms with Gasteiger partial charge in [0.05, 0.1) is 0 Å². The van der Waals surface area contributed by atoms with Gasteiger partial charge in [0, 0.05) is 10.0 Å². The van der Waals surface area contributed by atoms with Crippen LogP contribution in [0.3, 0.4) is 0 Å². The van der Waals surface area contributed by atoms with E-state index < -0.39 is 0 Å². The van der Waals surface area contributed by atoms with Crippen LogP contribution in [0.2, 0.25) is 0 Å². The Bertz CT molecular complexity index is 621. The van der Waals surface area contributed by atoms with Crippen LogP contribution < -0.4 is 4.74 Å². The van der Waals surface area contributed by atoms with Gasteiger partial charge < -0.3 is 4.74 Å². The van der Waals surface area contributed by atoms with Crippen LogP contribution >= 0.6 is 15.9 Å². The summed E-state index contributed by atoms with van der Waals surface area (Å²) in [5.41, 5.74) is 3.99. The summed E-state index contributed by atoms with van der Waals surface area (Å²) < 4.78 is 6.74. The molecule has 2 aromatic carbocycles. The summed E-state index contributed by atoms with van der Waals surface area (Å²) in [7, 11) is 0. The minimum absolute atomic E-state index is 0.528. The monoisotopic (exact) mass is 346 g/mol. The zero-order chi connectivity index (χ0) is 15.2. The van der Waals surface area contributed by atoms with Crippen molar-refractivity contribution < 1.29 is 9.53 Å². The van der Waals surface area contributed by atoms with Crippen molar-refractivity contribution >= 4 is 22.2 Å². The molecule has 2 aromatic rings.